The summed E-state index contributed by atoms with van der Waals surface area (Å²) < 4.78 is 1.74. The topological polar surface area (TPSA) is 72.9 Å². The third-order valence-electron chi connectivity index (χ3n) is 2.05. The van der Waals surface area contributed by atoms with E-state index in [0.717, 1.165) is 6.42 Å². The van der Waals surface area contributed by atoms with Crippen molar-refractivity contribution in [2.75, 3.05) is 6.54 Å². The van der Waals surface area contributed by atoms with Gasteiger partial charge in [0.15, 0.2) is 0 Å². The third kappa shape index (κ3) is 8.97. The molecule has 3 N–H and O–H groups in total. The Hall–Kier alpha value is -0.780. The number of rotatable bonds is 6. The molecule has 0 saturated heterocycles. The molecule has 1 rings (SSSR count). The van der Waals surface area contributed by atoms with Crippen LogP contribution in [0.2, 0.25) is 0 Å². The van der Waals surface area contributed by atoms with Gasteiger partial charge in [-0.2, -0.15) is 5.10 Å². The molecule has 1 heterocycles. The van der Waals surface area contributed by atoms with E-state index in [2.05, 4.69) is 10.4 Å². The summed E-state index contributed by atoms with van der Waals surface area (Å²) in [5.74, 6) is 0.0474. The van der Waals surface area contributed by atoms with Crippen molar-refractivity contribution in [3.05, 3.63) is 18.5 Å². The highest BCUT2D eigenvalue weighted by Crippen LogP contribution is 1.90. The molecule has 1 aromatic heterocycles. The average Bonchev–Trinajstić information content (AvgIpc) is 2.66. The Bertz CT molecular complexity index is 291. The van der Waals surface area contributed by atoms with E-state index in [4.69, 9.17) is 5.73 Å². The lowest BCUT2D eigenvalue weighted by atomic mass is 10.2. The van der Waals surface area contributed by atoms with E-state index in [-0.39, 0.29) is 36.8 Å². The van der Waals surface area contributed by atoms with Gasteiger partial charge in [-0.25, -0.2) is 0 Å². The Morgan fingerprint density at radius 1 is 1.53 bits per heavy atom. The lowest BCUT2D eigenvalue weighted by Gasteiger charge is -2.07. The number of hydrogen-bond donors (Lipinski definition) is 2. The van der Waals surface area contributed by atoms with Crippen LogP contribution in [0, 0.1) is 0 Å². The number of nitrogens with two attached hydrogens (primary N) is 1. The number of amides is 1. The maximum absolute atomic E-state index is 11.3. The summed E-state index contributed by atoms with van der Waals surface area (Å²) >= 11 is 0. The van der Waals surface area contributed by atoms with Gasteiger partial charge in [-0.15, -0.1) is 24.8 Å². The fourth-order valence-electron chi connectivity index (χ4n) is 1.18. The van der Waals surface area contributed by atoms with Crippen molar-refractivity contribution in [2.45, 2.75) is 32.4 Å². The Morgan fingerprint density at radius 3 is 2.76 bits per heavy atom. The van der Waals surface area contributed by atoms with Crippen molar-refractivity contribution in [2.24, 2.45) is 5.73 Å². The molecule has 0 aliphatic heterocycles. The van der Waals surface area contributed by atoms with E-state index < -0.39 is 0 Å². The minimum Gasteiger partial charge on any atom is -0.356 e. The maximum atomic E-state index is 11.3. The van der Waals surface area contributed by atoms with Gasteiger partial charge in [-0.05, 0) is 19.4 Å². The van der Waals surface area contributed by atoms with Crippen LogP contribution in [0.5, 0.6) is 0 Å². The Kier molecular flexibility index (Phi) is 11.3. The van der Waals surface area contributed by atoms with Crippen molar-refractivity contribution in [1.29, 1.82) is 0 Å². The van der Waals surface area contributed by atoms with Crippen molar-refractivity contribution >= 4 is 30.7 Å². The lowest BCUT2D eigenvalue weighted by molar-refractivity contribution is -0.121. The molecule has 1 amide bonds. The maximum Gasteiger partial charge on any atom is 0.221 e. The highest BCUT2D eigenvalue weighted by Gasteiger charge is 2.01. The van der Waals surface area contributed by atoms with Crippen LogP contribution in [0.4, 0.5) is 0 Å². The molecule has 1 aromatic rings. The van der Waals surface area contributed by atoms with Gasteiger partial charge < -0.3 is 11.1 Å². The van der Waals surface area contributed by atoms with Crippen LogP contribution in [-0.2, 0) is 11.3 Å². The zero-order valence-corrected chi connectivity index (χ0v) is 11.5. The van der Waals surface area contributed by atoms with Crippen molar-refractivity contribution < 1.29 is 4.79 Å². The van der Waals surface area contributed by atoms with Crippen LogP contribution in [0.25, 0.3) is 0 Å². The Balaban J connectivity index is 0. The summed E-state index contributed by atoms with van der Waals surface area (Å²) in [5.41, 5.74) is 5.56. The molecular formula is C10H20Cl2N4O. The van der Waals surface area contributed by atoms with Gasteiger partial charge in [0.25, 0.3) is 0 Å². The molecular weight excluding hydrogens is 263 g/mol. The van der Waals surface area contributed by atoms with Crippen LogP contribution in [-0.4, -0.2) is 28.3 Å². The lowest BCUT2D eigenvalue weighted by Crippen LogP contribution is -2.29. The first-order chi connectivity index (χ1) is 7.18. The number of nitrogens with zero attached hydrogens (tertiary/aromatic N) is 2. The van der Waals surface area contributed by atoms with Gasteiger partial charge >= 0.3 is 0 Å². The molecule has 1 atom stereocenters. The zero-order valence-electron chi connectivity index (χ0n) is 9.83. The Morgan fingerprint density at radius 2 is 2.24 bits per heavy atom. The fraction of sp³-hybridized carbons (Fsp3) is 0.600. The van der Waals surface area contributed by atoms with E-state index in [1.54, 1.807) is 10.9 Å². The van der Waals surface area contributed by atoms with Gasteiger partial charge in [-0.3, -0.25) is 9.48 Å². The van der Waals surface area contributed by atoms with E-state index in [0.29, 0.717) is 19.5 Å². The van der Waals surface area contributed by atoms with Crippen molar-refractivity contribution in [3.8, 4) is 0 Å². The number of hydrogen-bond acceptors (Lipinski definition) is 3. The Labute approximate surface area is 114 Å². The predicted octanol–water partition coefficient (Wildman–Crippen LogP) is 0.970. The number of aryl methyl sites for hydroxylation is 1. The first kappa shape index (κ1) is 18.6. The first-order valence-corrected chi connectivity index (χ1v) is 5.18. The quantitative estimate of drug-likeness (QED) is 0.817. The summed E-state index contributed by atoms with van der Waals surface area (Å²) in [7, 11) is 0. The molecule has 5 nitrogen and oxygen atoms in total. The van der Waals surface area contributed by atoms with E-state index in [9.17, 15) is 4.79 Å². The SMILES string of the molecule is CC(N)CCNC(=O)CCn1cccn1.Cl.Cl. The normalized spacial score (nSPS) is 10.9. The summed E-state index contributed by atoms with van der Waals surface area (Å²) in [6.45, 7) is 3.20. The molecule has 0 bridgehead atoms. The standard InChI is InChI=1S/C10H18N4O.2ClH/c1-9(11)3-6-12-10(15)4-8-14-7-2-5-13-14;;/h2,5,7,9H,3-4,6,8,11H2,1H3,(H,12,15);2*1H. The van der Waals surface area contributed by atoms with Gasteiger partial charge in [0.05, 0.1) is 0 Å². The van der Waals surface area contributed by atoms with Gasteiger partial charge in [0.2, 0.25) is 5.91 Å². The van der Waals surface area contributed by atoms with Crippen molar-refractivity contribution in [3.63, 3.8) is 0 Å². The van der Waals surface area contributed by atoms with Crippen LogP contribution in [0.1, 0.15) is 19.8 Å². The molecule has 0 aliphatic rings. The molecule has 0 aromatic carbocycles. The zero-order chi connectivity index (χ0) is 11.1. The minimum absolute atomic E-state index is 0. The van der Waals surface area contributed by atoms with Gasteiger partial charge in [0, 0.05) is 37.9 Å². The van der Waals surface area contributed by atoms with E-state index in [1.807, 2.05) is 19.2 Å². The summed E-state index contributed by atoms with van der Waals surface area (Å²) in [4.78, 5) is 11.3. The number of carbonyl (C=O) groups excluding carboxylic acids is 1. The highest BCUT2D eigenvalue weighted by atomic mass is 35.5. The minimum atomic E-state index is 0. The molecule has 17 heavy (non-hydrogen) atoms. The smallest absolute Gasteiger partial charge is 0.221 e. The van der Waals surface area contributed by atoms with Crippen LogP contribution >= 0.6 is 24.8 Å². The summed E-state index contributed by atoms with van der Waals surface area (Å²) in [6.07, 6.45) is 4.82. The summed E-state index contributed by atoms with van der Waals surface area (Å²) in [6, 6.07) is 1.98. The average molecular weight is 283 g/mol. The monoisotopic (exact) mass is 282 g/mol. The molecule has 0 radical (unpaired) electrons. The van der Waals surface area contributed by atoms with E-state index in [1.165, 1.54) is 0 Å². The van der Waals surface area contributed by atoms with E-state index >= 15 is 0 Å². The molecule has 0 spiro atoms. The fourth-order valence-corrected chi connectivity index (χ4v) is 1.18. The van der Waals surface area contributed by atoms with Gasteiger partial charge in [-0.1, -0.05) is 0 Å². The largest absolute Gasteiger partial charge is 0.356 e. The summed E-state index contributed by atoms with van der Waals surface area (Å²) in [5, 5.41) is 6.83. The molecule has 7 heteroatoms. The van der Waals surface area contributed by atoms with Crippen LogP contribution < -0.4 is 11.1 Å². The highest BCUT2D eigenvalue weighted by molar-refractivity contribution is 5.85. The molecule has 0 aliphatic carbocycles. The predicted molar refractivity (Wildman–Crippen MR) is 72.6 cm³/mol. The van der Waals surface area contributed by atoms with Crippen LogP contribution in [0.15, 0.2) is 18.5 Å². The molecule has 0 saturated carbocycles. The first-order valence-electron chi connectivity index (χ1n) is 5.18. The number of halogens is 2. The molecule has 100 valence electrons. The second-order valence-electron chi connectivity index (χ2n) is 3.64. The third-order valence-corrected chi connectivity index (χ3v) is 2.05. The number of aromatic nitrogens is 2. The second-order valence-corrected chi connectivity index (χ2v) is 3.64. The van der Waals surface area contributed by atoms with Crippen molar-refractivity contribution in [1.82, 2.24) is 15.1 Å². The second kappa shape index (κ2) is 10.4. The number of nitrogens with one attached hydrogen (secondary N) is 1. The molecule has 0 fully saturated rings. The molecule has 1 unspecified atom stereocenters. The van der Waals surface area contributed by atoms with Gasteiger partial charge in [0.1, 0.15) is 0 Å². The van der Waals surface area contributed by atoms with Crippen LogP contribution in [0.3, 0.4) is 0 Å². The number of carbonyl (C=O) groups is 1.